The van der Waals surface area contributed by atoms with E-state index in [4.69, 9.17) is 9.72 Å². The molecular formula is C30H25FN6O2. The van der Waals surface area contributed by atoms with Crippen LogP contribution in [0.1, 0.15) is 13.8 Å². The van der Waals surface area contributed by atoms with Crippen molar-refractivity contribution in [2.75, 3.05) is 12.4 Å². The number of fused-ring (bicyclic) bond motifs is 2. The average Bonchev–Trinajstić information content (AvgIpc) is 3.56. The summed E-state index contributed by atoms with van der Waals surface area (Å²) in [6.45, 7) is 3.71. The van der Waals surface area contributed by atoms with Gasteiger partial charge in [-0.15, -0.1) is 0 Å². The zero-order valence-corrected chi connectivity index (χ0v) is 21.5. The van der Waals surface area contributed by atoms with Crippen LogP contribution in [0.2, 0.25) is 0 Å². The molecule has 8 nitrogen and oxygen atoms in total. The Balaban J connectivity index is 1.41. The van der Waals surface area contributed by atoms with Crippen molar-refractivity contribution >= 4 is 33.5 Å². The monoisotopic (exact) mass is 520 g/mol. The molecular weight excluding hydrogens is 495 g/mol. The molecule has 4 heterocycles. The second-order valence-electron chi connectivity index (χ2n) is 9.57. The van der Waals surface area contributed by atoms with Gasteiger partial charge in [-0.25, -0.2) is 9.37 Å². The summed E-state index contributed by atoms with van der Waals surface area (Å²) in [7, 11) is 1.50. The van der Waals surface area contributed by atoms with Gasteiger partial charge in [0.25, 0.3) is 0 Å². The highest BCUT2D eigenvalue weighted by Crippen LogP contribution is 2.34. The summed E-state index contributed by atoms with van der Waals surface area (Å²) < 4.78 is 19.5. The Kier molecular flexibility index (Phi) is 6.03. The van der Waals surface area contributed by atoms with Crippen molar-refractivity contribution in [3.8, 4) is 39.7 Å². The van der Waals surface area contributed by atoms with E-state index in [1.165, 1.54) is 19.2 Å². The molecule has 0 fully saturated rings. The summed E-state index contributed by atoms with van der Waals surface area (Å²) in [5.41, 5.74) is 7.27. The zero-order chi connectivity index (χ0) is 27.1. The Morgan fingerprint density at radius 2 is 1.85 bits per heavy atom. The van der Waals surface area contributed by atoms with Crippen LogP contribution < -0.4 is 10.1 Å². The molecule has 0 saturated heterocycles. The van der Waals surface area contributed by atoms with Crippen LogP contribution in [0.15, 0.2) is 72.9 Å². The highest BCUT2D eigenvalue weighted by Gasteiger charge is 2.17. The molecule has 9 heteroatoms. The number of amides is 1. The van der Waals surface area contributed by atoms with E-state index in [1.807, 2.05) is 62.4 Å². The molecule has 6 rings (SSSR count). The molecule has 4 aromatic heterocycles. The van der Waals surface area contributed by atoms with Crippen molar-refractivity contribution < 1.29 is 13.9 Å². The van der Waals surface area contributed by atoms with Gasteiger partial charge in [0.1, 0.15) is 22.8 Å². The van der Waals surface area contributed by atoms with Gasteiger partial charge in [-0.2, -0.15) is 5.10 Å². The smallest absolute Gasteiger partial charge is 0.226 e. The maximum Gasteiger partial charge on any atom is 0.226 e. The lowest BCUT2D eigenvalue weighted by Gasteiger charge is -2.09. The molecule has 0 saturated carbocycles. The SMILES string of the molecule is COc1cc(F)cc(-c2nccc3[nH]c(-c4n[nH]c5ccc(-c6cccc(NC(=O)C(C)C)c6)nc45)cc23)c1. The molecule has 194 valence electrons. The lowest BCUT2D eigenvalue weighted by molar-refractivity contribution is -0.118. The van der Waals surface area contributed by atoms with Crippen LogP contribution in [0.25, 0.3) is 55.8 Å². The van der Waals surface area contributed by atoms with Gasteiger partial charge < -0.3 is 15.0 Å². The van der Waals surface area contributed by atoms with Crippen LogP contribution >= 0.6 is 0 Å². The number of rotatable bonds is 6. The predicted molar refractivity (Wildman–Crippen MR) is 150 cm³/mol. The maximum atomic E-state index is 14.2. The first kappa shape index (κ1) is 24.3. The Hall–Kier alpha value is -5.05. The normalized spacial score (nSPS) is 11.4. The van der Waals surface area contributed by atoms with Gasteiger partial charge in [0.2, 0.25) is 5.91 Å². The molecule has 0 aliphatic heterocycles. The molecule has 0 radical (unpaired) electrons. The fourth-order valence-electron chi connectivity index (χ4n) is 4.52. The number of H-pyrrole nitrogens is 2. The number of benzene rings is 2. The largest absolute Gasteiger partial charge is 0.497 e. The van der Waals surface area contributed by atoms with Crippen LogP contribution in [0.3, 0.4) is 0 Å². The van der Waals surface area contributed by atoms with Gasteiger partial charge >= 0.3 is 0 Å². The summed E-state index contributed by atoms with van der Waals surface area (Å²) in [5.74, 6) is -0.146. The number of carbonyl (C=O) groups excluding carboxylic acids is 1. The molecule has 0 atom stereocenters. The number of nitrogens with one attached hydrogen (secondary N) is 3. The molecule has 3 N–H and O–H groups in total. The number of aromatic nitrogens is 5. The number of ether oxygens (including phenoxy) is 1. The molecule has 0 spiro atoms. The van der Waals surface area contributed by atoms with E-state index in [0.717, 1.165) is 33.4 Å². The predicted octanol–water partition coefficient (Wildman–Crippen LogP) is 6.58. The minimum absolute atomic E-state index is 0.0444. The number of carbonyl (C=O) groups is 1. The third-order valence-electron chi connectivity index (χ3n) is 6.54. The van der Waals surface area contributed by atoms with Crippen molar-refractivity contribution in [3.05, 3.63) is 78.7 Å². The number of methoxy groups -OCH3 is 1. The highest BCUT2D eigenvalue weighted by atomic mass is 19.1. The van der Waals surface area contributed by atoms with Gasteiger partial charge in [0, 0.05) is 45.9 Å². The summed E-state index contributed by atoms with van der Waals surface area (Å²) >= 11 is 0. The Morgan fingerprint density at radius 3 is 2.67 bits per heavy atom. The van der Waals surface area contributed by atoms with Crippen LogP contribution in [0.4, 0.5) is 10.1 Å². The van der Waals surface area contributed by atoms with E-state index in [9.17, 15) is 9.18 Å². The number of anilines is 1. The van der Waals surface area contributed by atoms with E-state index >= 15 is 0 Å². The molecule has 0 aliphatic carbocycles. The number of hydrogen-bond donors (Lipinski definition) is 3. The van der Waals surface area contributed by atoms with Crippen LogP contribution in [0, 0.1) is 11.7 Å². The summed E-state index contributed by atoms with van der Waals surface area (Å²) in [6.07, 6.45) is 1.68. The van der Waals surface area contributed by atoms with E-state index in [2.05, 4.69) is 25.5 Å². The van der Waals surface area contributed by atoms with E-state index in [1.54, 1.807) is 12.3 Å². The maximum absolute atomic E-state index is 14.2. The molecule has 1 amide bonds. The van der Waals surface area contributed by atoms with Crippen molar-refractivity contribution in [3.63, 3.8) is 0 Å². The first-order valence-corrected chi connectivity index (χ1v) is 12.5. The van der Waals surface area contributed by atoms with Crippen LogP contribution in [-0.4, -0.2) is 38.2 Å². The van der Waals surface area contributed by atoms with Crippen molar-refractivity contribution in [1.29, 1.82) is 0 Å². The third kappa shape index (κ3) is 4.59. The fraction of sp³-hybridized carbons (Fsp3) is 0.133. The standard InChI is InChI=1S/C30H25FN6O2/c1-16(2)30(38)33-20-6-4-5-17(12-20)23-7-8-25-28(35-23)29(37-36-25)26-15-22-24(34-26)9-10-32-27(22)18-11-19(31)14-21(13-18)39-3/h4-16,34H,1-3H3,(H,33,38)(H,36,37). The van der Waals surface area contributed by atoms with Gasteiger partial charge in [-0.3, -0.25) is 14.9 Å². The molecule has 0 bridgehead atoms. The Labute approximate surface area is 223 Å². The van der Waals surface area contributed by atoms with Crippen molar-refractivity contribution in [2.24, 2.45) is 5.92 Å². The molecule has 2 aromatic carbocycles. The summed E-state index contributed by atoms with van der Waals surface area (Å²) in [4.78, 5) is 25.0. The lowest BCUT2D eigenvalue weighted by atomic mass is 10.1. The first-order chi connectivity index (χ1) is 18.9. The van der Waals surface area contributed by atoms with Crippen LogP contribution in [-0.2, 0) is 4.79 Å². The second kappa shape index (κ2) is 9.68. The number of nitrogens with zero attached hydrogens (tertiary/aromatic N) is 3. The van der Waals surface area contributed by atoms with Gasteiger partial charge in [0.05, 0.1) is 29.7 Å². The Morgan fingerprint density at radius 1 is 0.974 bits per heavy atom. The second-order valence-corrected chi connectivity index (χ2v) is 9.57. The fourth-order valence-corrected chi connectivity index (χ4v) is 4.52. The molecule has 39 heavy (non-hydrogen) atoms. The molecule has 6 aromatic rings. The molecule has 0 unspecified atom stereocenters. The van der Waals surface area contributed by atoms with Gasteiger partial charge in [-0.1, -0.05) is 26.0 Å². The lowest BCUT2D eigenvalue weighted by Crippen LogP contribution is -2.17. The van der Waals surface area contributed by atoms with E-state index in [0.29, 0.717) is 33.9 Å². The molecule has 0 aliphatic rings. The van der Waals surface area contributed by atoms with E-state index < -0.39 is 5.82 Å². The topological polar surface area (TPSA) is 109 Å². The minimum atomic E-state index is -0.401. The average molecular weight is 521 g/mol. The summed E-state index contributed by atoms with van der Waals surface area (Å²) in [5, 5.41) is 11.4. The third-order valence-corrected chi connectivity index (χ3v) is 6.54. The number of pyridine rings is 2. The highest BCUT2D eigenvalue weighted by molar-refractivity contribution is 5.99. The number of aromatic amines is 2. The van der Waals surface area contributed by atoms with Crippen molar-refractivity contribution in [1.82, 2.24) is 25.1 Å². The van der Waals surface area contributed by atoms with E-state index in [-0.39, 0.29) is 11.8 Å². The minimum Gasteiger partial charge on any atom is -0.497 e. The van der Waals surface area contributed by atoms with Gasteiger partial charge in [-0.05, 0) is 48.5 Å². The summed E-state index contributed by atoms with van der Waals surface area (Å²) in [6, 6.07) is 19.8. The van der Waals surface area contributed by atoms with Gasteiger partial charge in [0.15, 0.2) is 0 Å². The van der Waals surface area contributed by atoms with Crippen molar-refractivity contribution in [2.45, 2.75) is 13.8 Å². The number of hydrogen-bond acceptors (Lipinski definition) is 5. The zero-order valence-electron chi connectivity index (χ0n) is 21.5. The first-order valence-electron chi connectivity index (χ1n) is 12.5. The number of halogens is 1. The quantitative estimate of drug-likeness (QED) is 0.230. The Bertz CT molecular complexity index is 1860. The van der Waals surface area contributed by atoms with Crippen LogP contribution in [0.5, 0.6) is 5.75 Å².